The predicted octanol–water partition coefficient (Wildman–Crippen LogP) is 2.24. The van der Waals surface area contributed by atoms with Gasteiger partial charge in [-0.3, -0.25) is 4.90 Å². The maximum atomic E-state index is 10.6. The molecule has 7 heteroatoms. The van der Waals surface area contributed by atoms with Gasteiger partial charge in [-0.2, -0.15) is 0 Å². The molecule has 1 aliphatic carbocycles. The standard InChI is InChI=1S/C19H27ClN2O3.ClH/c20-17-6-3-5-16-15-4-1-2-7-18(15)22(19(16)17)13-14(25)12-21(8-10-23)9-11-24;/h3,5-6,14,23-25H,1-2,4,7-13H2;1H. The minimum atomic E-state index is -0.587. The monoisotopic (exact) mass is 402 g/mol. The molecule has 1 aliphatic rings. The lowest BCUT2D eigenvalue weighted by Crippen LogP contribution is -2.38. The molecule has 0 aliphatic heterocycles. The smallest absolute Gasteiger partial charge is 0.0845 e. The molecule has 1 aromatic heterocycles. The van der Waals surface area contributed by atoms with E-state index < -0.39 is 6.10 Å². The number of aromatic nitrogens is 1. The first kappa shape index (κ1) is 21.5. The number of benzene rings is 1. The van der Waals surface area contributed by atoms with Gasteiger partial charge in [0.2, 0.25) is 0 Å². The average Bonchev–Trinajstić information content (AvgIpc) is 2.91. The fraction of sp³-hybridized carbons (Fsp3) is 0.579. The van der Waals surface area contributed by atoms with Crippen LogP contribution in [0.1, 0.15) is 24.1 Å². The number of hydrogen-bond donors (Lipinski definition) is 3. The zero-order valence-electron chi connectivity index (χ0n) is 14.9. The molecule has 0 fully saturated rings. The van der Waals surface area contributed by atoms with Crippen molar-refractivity contribution in [1.29, 1.82) is 0 Å². The second-order valence-electron chi connectivity index (χ2n) is 6.78. The van der Waals surface area contributed by atoms with Crippen LogP contribution in [-0.4, -0.2) is 63.7 Å². The Morgan fingerprint density at radius 1 is 1.12 bits per heavy atom. The van der Waals surface area contributed by atoms with Gasteiger partial charge in [0.15, 0.2) is 0 Å². The van der Waals surface area contributed by atoms with Crippen molar-refractivity contribution in [2.75, 3.05) is 32.8 Å². The quantitative estimate of drug-likeness (QED) is 0.633. The Balaban J connectivity index is 0.00000243. The van der Waals surface area contributed by atoms with E-state index in [1.807, 2.05) is 17.0 Å². The SMILES string of the molecule is Cl.OCCN(CCO)CC(O)Cn1c2c(c3cccc(Cl)c31)CCCC2. The van der Waals surface area contributed by atoms with Gasteiger partial charge < -0.3 is 19.9 Å². The minimum Gasteiger partial charge on any atom is -0.395 e. The van der Waals surface area contributed by atoms with Gasteiger partial charge in [0.05, 0.1) is 36.4 Å². The first-order valence-corrected chi connectivity index (χ1v) is 9.44. The maximum absolute atomic E-state index is 10.6. The Hall–Kier alpha value is -0.820. The van der Waals surface area contributed by atoms with Gasteiger partial charge in [-0.1, -0.05) is 23.7 Å². The number of fused-ring (bicyclic) bond motifs is 3. The molecule has 0 saturated heterocycles. The second-order valence-corrected chi connectivity index (χ2v) is 7.19. The highest BCUT2D eigenvalue weighted by Crippen LogP contribution is 2.35. The topological polar surface area (TPSA) is 68.9 Å². The molecule has 0 radical (unpaired) electrons. The number of aliphatic hydroxyl groups excluding tert-OH is 3. The van der Waals surface area contributed by atoms with Crippen LogP contribution < -0.4 is 0 Å². The zero-order chi connectivity index (χ0) is 17.8. The molecule has 0 amide bonds. The van der Waals surface area contributed by atoms with Crippen LogP contribution in [0, 0.1) is 0 Å². The number of para-hydroxylation sites is 1. The third kappa shape index (κ3) is 4.53. The van der Waals surface area contributed by atoms with Crippen molar-refractivity contribution in [2.45, 2.75) is 38.3 Å². The van der Waals surface area contributed by atoms with Crippen molar-refractivity contribution in [3.63, 3.8) is 0 Å². The molecule has 0 bridgehead atoms. The van der Waals surface area contributed by atoms with Crippen molar-refractivity contribution in [2.24, 2.45) is 0 Å². The molecule has 1 atom stereocenters. The Labute approximate surface area is 165 Å². The molecule has 26 heavy (non-hydrogen) atoms. The van der Waals surface area contributed by atoms with Gasteiger partial charge in [-0.05, 0) is 37.3 Å². The summed E-state index contributed by atoms with van der Waals surface area (Å²) in [7, 11) is 0. The number of aliphatic hydroxyl groups is 3. The van der Waals surface area contributed by atoms with E-state index in [4.69, 9.17) is 21.8 Å². The van der Waals surface area contributed by atoms with Crippen LogP contribution in [0.4, 0.5) is 0 Å². The average molecular weight is 403 g/mol. The molecule has 1 aromatic carbocycles. The van der Waals surface area contributed by atoms with Crippen molar-refractivity contribution < 1.29 is 15.3 Å². The minimum absolute atomic E-state index is 0. The van der Waals surface area contributed by atoms with Crippen molar-refractivity contribution in [3.05, 3.63) is 34.5 Å². The summed E-state index contributed by atoms with van der Waals surface area (Å²) in [5.41, 5.74) is 3.69. The van der Waals surface area contributed by atoms with Gasteiger partial charge >= 0.3 is 0 Å². The molecule has 5 nitrogen and oxygen atoms in total. The molecular formula is C19H28Cl2N2O3. The van der Waals surface area contributed by atoms with Gasteiger partial charge in [0.1, 0.15) is 0 Å². The van der Waals surface area contributed by atoms with E-state index in [1.165, 1.54) is 23.1 Å². The van der Waals surface area contributed by atoms with E-state index in [-0.39, 0.29) is 25.6 Å². The highest BCUT2D eigenvalue weighted by atomic mass is 35.5. The molecule has 0 saturated carbocycles. The number of halogens is 2. The van der Waals surface area contributed by atoms with Crippen LogP contribution in [0.3, 0.4) is 0 Å². The summed E-state index contributed by atoms with van der Waals surface area (Å²) in [5.74, 6) is 0. The van der Waals surface area contributed by atoms with Crippen molar-refractivity contribution in [1.82, 2.24) is 9.47 Å². The van der Waals surface area contributed by atoms with Gasteiger partial charge in [0, 0.05) is 30.7 Å². The first-order valence-electron chi connectivity index (χ1n) is 9.06. The molecule has 2 aromatic rings. The van der Waals surface area contributed by atoms with Crippen molar-refractivity contribution >= 4 is 34.9 Å². The van der Waals surface area contributed by atoms with E-state index in [2.05, 4.69) is 10.6 Å². The molecule has 146 valence electrons. The predicted molar refractivity (Wildman–Crippen MR) is 107 cm³/mol. The summed E-state index contributed by atoms with van der Waals surface area (Å²) in [4.78, 5) is 1.88. The molecule has 1 heterocycles. The van der Waals surface area contributed by atoms with Gasteiger partial charge in [-0.25, -0.2) is 0 Å². The van der Waals surface area contributed by atoms with E-state index >= 15 is 0 Å². The van der Waals surface area contributed by atoms with Crippen LogP contribution in [0.25, 0.3) is 10.9 Å². The fourth-order valence-corrected chi connectivity index (χ4v) is 4.27. The van der Waals surface area contributed by atoms with Crippen LogP contribution in [0.5, 0.6) is 0 Å². The molecule has 3 N–H and O–H groups in total. The summed E-state index contributed by atoms with van der Waals surface area (Å²) < 4.78 is 2.19. The second kappa shape index (κ2) is 9.93. The number of hydrogen-bond acceptors (Lipinski definition) is 4. The number of aryl methyl sites for hydroxylation is 1. The fourth-order valence-electron chi connectivity index (χ4n) is 3.99. The van der Waals surface area contributed by atoms with Gasteiger partial charge in [-0.15, -0.1) is 12.4 Å². The lowest BCUT2D eigenvalue weighted by Gasteiger charge is -2.25. The lowest BCUT2D eigenvalue weighted by atomic mass is 9.95. The van der Waals surface area contributed by atoms with Gasteiger partial charge in [0.25, 0.3) is 0 Å². The maximum Gasteiger partial charge on any atom is 0.0845 e. The van der Waals surface area contributed by atoms with E-state index in [9.17, 15) is 5.11 Å². The summed E-state index contributed by atoms with van der Waals surface area (Å²) in [6.07, 6.45) is 3.86. The lowest BCUT2D eigenvalue weighted by molar-refractivity contribution is 0.0775. The van der Waals surface area contributed by atoms with Crippen LogP contribution in [-0.2, 0) is 19.4 Å². The molecule has 0 spiro atoms. The normalized spacial score (nSPS) is 15.1. The highest BCUT2D eigenvalue weighted by molar-refractivity contribution is 6.35. The summed E-state index contributed by atoms with van der Waals surface area (Å²) in [6, 6.07) is 6.02. The first-order chi connectivity index (χ1) is 12.2. The largest absolute Gasteiger partial charge is 0.395 e. The summed E-state index contributed by atoms with van der Waals surface area (Å²) in [5, 5.41) is 30.8. The third-order valence-corrected chi connectivity index (χ3v) is 5.35. The highest BCUT2D eigenvalue weighted by Gasteiger charge is 2.23. The Bertz CT molecular complexity index is 714. The van der Waals surface area contributed by atoms with E-state index in [0.717, 1.165) is 29.8 Å². The third-order valence-electron chi connectivity index (χ3n) is 5.04. The van der Waals surface area contributed by atoms with Crippen LogP contribution in [0.2, 0.25) is 5.02 Å². The van der Waals surface area contributed by atoms with Crippen molar-refractivity contribution in [3.8, 4) is 0 Å². The number of nitrogens with zero attached hydrogens (tertiary/aromatic N) is 2. The van der Waals surface area contributed by atoms with E-state index in [0.29, 0.717) is 26.2 Å². The van der Waals surface area contributed by atoms with E-state index in [1.54, 1.807) is 0 Å². The van der Waals surface area contributed by atoms with Crippen LogP contribution >= 0.6 is 24.0 Å². The summed E-state index contributed by atoms with van der Waals surface area (Å²) >= 11 is 6.49. The Morgan fingerprint density at radius 3 is 2.50 bits per heavy atom. The molecule has 1 unspecified atom stereocenters. The number of rotatable bonds is 8. The Kier molecular flexibility index (Phi) is 8.20. The zero-order valence-corrected chi connectivity index (χ0v) is 16.5. The van der Waals surface area contributed by atoms with Crippen LogP contribution in [0.15, 0.2) is 18.2 Å². The summed E-state index contributed by atoms with van der Waals surface area (Å²) in [6.45, 7) is 1.82. The molecule has 3 rings (SSSR count). The Morgan fingerprint density at radius 2 is 1.81 bits per heavy atom. The molecular weight excluding hydrogens is 375 g/mol.